The first kappa shape index (κ1) is 16.9. The lowest BCUT2D eigenvalue weighted by Gasteiger charge is -2.31. The van der Waals surface area contributed by atoms with Crippen molar-refractivity contribution in [2.45, 2.75) is 56.2 Å². The van der Waals surface area contributed by atoms with Gasteiger partial charge in [0.15, 0.2) is 0 Å². The van der Waals surface area contributed by atoms with E-state index in [9.17, 15) is 8.42 Å². The van der Waals surface area contributed by atoms with E-state index < -0.39 is 10.0 Å². The molecular weight excluding hydrogens is 304 g/mol. The molecule has 6 heteroatoms. The number of nitrogens with one attached hydrogen (secondary N) is 1. The van der Waals surface area contributed by atoms with Gasteiger partial charge >= 0.3 is 0 Å². The van der Waals surface area contributed by atoms with Crippen molar-refractivity contribution in [1.82, 2.24) is 9.62 Å². The first-order chi connectivity index (χ1) is 10.1. The summed E-state index contributed by atoms with van der Waals surface area (Å²) in [5.74, 6) is 0. The quantitative estimate of drug-likeness (QED) is 0.782. The minimum absolute atomic E-state index is 0.125. The number of hydrogen-bond acceptors (Lipinski definition) is 4. The lowest BCUT2D eigenvalue weighted by Crippen LogP contribution is -2.41. The molecule has 120 valence electrons. The van der Waals surface area contributed by atoms with Gasteiger partial charge < -0.3 is 5.32 Å². The van der Waals surface area contributed by atoms with Crippen molar-refractivity contribution in [2.75, 3.05) is 19.6 Å². The molecule has 0 amide bonds. The Bertz CT molecular complexity index is 540. The van der Waals surface area contributed by atoms with E-state index in [1.807, 2.05) is 13.0 Å². The van der Waals surface area contributed by atoms with Gasteiger partial charge in [0.2, 0.25) is 0 Å². The molecule has 4 nitrogen and oxygen atoms in total. The van der Waals surface area contributed by atoms with Gasteiger partial charge in [-0.3, -0.25) is 0 Å². The van der Waals surface area contributed by atoms with Gasteiger partial charge in [0.05, 0.1) is 0 Å². The fourth-order valence-corrected chi connectivity index (χ4v) is 5.87. The molecule has 0 spiro atoms. The molecule has 2 rings (SSSR count). The minimum Gasteiger partial charge on any atom is -0.316 e. The Kier molecular flexibility index (Phi) is 6.22. The van der Waals surface area contributed by atoms with Crippen molar-refractivity contribution in [1.29, 1.82) is 0 Å². The summed E-state index contributed by atoms with van der Waals surface area (Å²) >= 11 is 1.42. The third kappa shape index (κ3) is 4.28. The Morgan fingerprint density at radius 1 is 1.33 bits per heavy atom. The van der Waals surface area contributed by atoms with Crippen LogP contribution in [-0.4, -0.2) is 38.4 Å². The van der Waals surface area contributed by atoms with Gasteiger partial charge in [-0.05, 0) is 57.8 Å². The fraction of sp³-hybridized carbons (Fsp3) is 0.733. The number of piperidine rings is 1. The first-order valence-electron chi connectivity index (χ1n) is 7.87. The molecular formula is C15H26N2O2S2. The highest BCUT2D eigenvalue weighted by Crippen LogP contribution is 2.29. The van der Waals surface area contributed by atoms with Crippen LogP contribution in [0, 0.1) is 0 Å². The summed E-state index contributed by atoms with van der Waals surface area (Å²) in [6, 6.07) is 3.86. The molecule has 1 saturated heterocycles. The molecule has 0 saturated carbocycles. The van der Waals surface area contributed by atoms with Crippen molar-refractivity contribution >= 4 is 21.4 Å². The van der Waals surface area contributed by atoms with Gasteiger partial charge in [0, 0.05) is 17.5 Å². The van der Waals surface area contributed by atoms with Crippen LogP contribution < -0.4 is 5.32 Å². The zero-order valence-corrected chi connectivity index (χ0v) is 14.6. The zero-order chi connectivity index (χ0) is 15.3. The second-order valence-electron chi connectivity index (χ2n) is 5.68. The highest BCUT2D eigenvalue weighted by molar-refractivity contribution is 7.91. The van der Waals surface area contributed by atoms with Crippen molar-refractivity contribution in [3.05, 3.63) is 17.0 Å². The van der Waals surface area contributed by atoms with E-state index in [2.05, 4.69) is 12.2 Å². The Labute approximate surface area is 132 Å². The van der Waals surface area contributed by atoms with Crippen LogP contribution in [0.4, 0.5) is 0 Å². The van der Waals surface area contributed by atoms with Gasteiger partial charge in [-0.15, -0.1) is 11.3 Å². The van der Waals surface area contributed by atoms with E-state index in [-0.39, 0.29) is 6.04 Å². The Hall–Kier alpha value is -0.430. The molecule has 0 aliphatic carbocycles. The van der Waals surface area contributed by atoms with Crippen LogP contribution in [-0.2, 0) is 16.4 Å². The SMILES string of the molecule is CCCNCCc1ccc(S(=O)(=O)N2CCCCC2C)s1. The normalized spacial score (nSPS) is 20.8. The largest absolute Gasteiger partial charge is 0.316 e. The van der Waals surface area contributed by atoms with Crippen molar-refractivity contribution < 1.29 is 8.42 Å². The molecule has 1 aliphatic heterocycles. The maximum absolute atomic E-state index is 12.7. The van der Waals surface area contributed by atoms with E-state index in [0.29, 0.717) is 10.8 Å². The van der Waals surface area contributed by atoms with E-state index in [4.69, 9.17) is 0 Å². The smallest absolute Gasteiger partial charge is 0.252 e. The van der Waals surface area contributed by atoms with Crippen LogP contribution in [0.5, 0.6) is 0 Å². The first-order valence-corrected chi connectivity index (χ1v) is 10.1. The topological polar surface area (TPSA) is 49.4 Å². The predicted octanol–water partition coefficient (Wildman–Crippen LogP) is 2.85. The van der Waals surface area contributed by atoms with Crippen LogP contribution in [0.3, 0.4) is 0 Å². The molecule has 1 unspecified atom stereocenters. The van der Waals surface area contributed by atoms with Crippen molar-refractivity contribution in [2.24, 2.45) is 0 Å². The highest BCUT2D eigenvalue weighted by Gasteiger charge is 2.31. The summed E-state index contributed by atoms with van der Waals surface area (Å²) in [6.45, 7) is 6.74. The summed E-state index contributed by atoms with van der Waals surface area (Å²) in [6.07, 6.45) is 5.10. The van der Waals surface area contributed by atoms with E-state index >= 15 is 0 Å². The second kappa shape index (κ2) is 7.72. The Morgan fingerprint density at radius 2 is 2.14 bits per heavy atom. The Balaban J connectivity index is 2.02. The molecule has 1 fully saturated rings. The minimum atomic E-state index is -3.29. The lowest BCUT2D eigenvalue weighted by atomic mass is 10.1. The molecule has 0 aromatic carbocycles. The highest BCUT2D eigenvalue weighted by atomic mass is 32.2. The summed E-state index contributed by atoms with van der Waals surface area (Å²) < 4.78 is 27.6. The number of nitrogens with zero attached hydrogens (tertiary/aromatic N) is 1. The van der Waals surface area contributed by atoms with Gasteiger partial charge in [-0.1, -0.05) is 13.3 Å². The monoisotopic (exact) mass is 330 g/mol. The van der Waals surface area contributed by atoms with Gasteiger partial charge in [0.1, 0.15) is 4.21 Å². The molecule has 2 heterocycles. The summed E-state index contributed by atoms with van der Waals surface area (Å²) in [4.78, 5) is 1.14. The van der Waals surface area contributed by atoms with Crippen LogP contribution in [0.25, 0.3) is 0 Å². The number of rotatable bonds is 7. The van der Waals surface area contributed by atoms with E-state index in [1.165, 1.54) is 11.3 Å². The summed E-state index contributed by atoms with van der Waals surface area (Å²) in [5, 5.41) is 3.35. The third-order valence-electron chi connectivity index (χ3n) is 3.92. The fourth-order valence-electron chi connectivity index (χ4n) is 2.69. The molecule has 1 N–H and O–H groups in total. The van der Waals surface area contributed by atoms with Gasteiger partial charge in [0.25, 0.3) is 10.0 Å². The second-order valence-corrected chi connectivity index (χ2v) is 8.97. The Morgan fingerprint density at radius 3 is 2.86 bits per heavy atom. The van der Waals surface area contributed by atoms with Gasteiger partial charge in [-0.25, -0.2) is 8.42 Å². The number of thiophene rings is 1. The van der Waals surface area contributed by atoms with Gasteiger partial charge in [-0.2, -0.15) is 4.31 Å². The summed E-state index contributed by atoms with van der Waals surface area (Å²) in [5.41, 5.74) is 0. The summed E-state index contributed by atoms with van der Waals surface area (Å²) in [7, 11) is -3.29. The van der Waals surface area contributed by atoms with Crippen LogP contribution >= 0.6 is 11.3 Å². The molecule has 1 aliphatic rings. The molecule has 1 aromatic heterocycles. The molecule has 1 aromatic rings. The molecule has 21 heavy (non-hydrogen) atoms. The zero-order valence-electron chi connectivity index (χ0n) is 13.0. The van der Waals surface area contributed by atoms with E-state index in [0.717, 1.165) is 50.1 Å². The maximum atomic E-state index is 12.7. The molecule has 0 radical (unpaired) electrons. The van der Waals surface area contributed by atoms with Crippen molar-refractivity contribution in [3.63, 3.8) is 0 Å². The molecule has 0 bridgehead atoms. The van der Waals surface area contributed by atoms with Crippen molar-refractivity contribution in [3.8, 4) is 0 Å². The number of hydrogen-bond donors (Lipinski definition) is 1. The third-order valence-corrected chi connectivity index (χ3v) is 7.54. The maximum Gasteiger partial charge on any atom is 0.252 e. The predicted molar refractivity (Wildman–Crippen MR) is 88.4 cm³/mol. The lowest BCUT2D eigenvalue weighted by molar-refractivity contribution is 0.269. The van der Waals surface area contributed by atoms with E-state index in [1.54, 1.807) is 10.4 Å². The standard InChI is InChI=1S/C15H26N2O2S2/c1-3-10-16-11-9-14-7-8-15(20-14)21(18,19)17-12-5-4-6-13(17)2/h7-8,13,16H,3-6,9-12H2,1-2H3. The van der Waals surface area contributed by atoms with Crippen LogP contribution in [0.2, 0.25) is 0 Å². The number of sulfonamides is 1. The molecule has 1 atom stereocenters. The average Bonchev–Trinajstić information content (AvgIpc) is 2.93. The average molecular weight is 331 g/mol. The van der Waals surface area contributed by atoms with Crippen LogP contribution in [0.15, 0.2) is 16.3 Å². The van der Waals surface area contributed by atoms with Crippen LogP contribution in [0.1, 0.15) is 44.4 Å².